The van der Waals surface area contributed by atoms with E-state index in [1.54, 1.807) is 30.5 Å². The van der Waals surface area contributed by atoms with Crippen LogP contribution in [0.15, 0.2) is 101 Å². The second kappa shape index (κ2) is 22.5. The molecule has 2 aromatic heterocycles. The Morgan fingerprint density at radius 2 is 1.64 bits per heavy atom. The number of rotatable bonds is 17. The number of hydrogen-bond acceptors (Lipinski definition) is 14. The molecule has 3 saturated heterocycles. The molecule has 0 aliphatic carbocycles. The number of nitrogens with one attached hydrogen (secondary N) is 4. The summed E-state index contributed by atoms with van der Waals surface area (Å²) in [6.07, 6.45) is 6.97. The molecule has 0 bridgehead atoms. The lowest BCUT2D eigenvalue weighted by Gasteiger charge is -2.39. The number of anilines is 2. The van der Waals surface area contributed by atoms with Crippen LogP contribution < -0.4 is 25.0 Å². The van der Waals surface area contributed by atoms with E-state index >= 15 is 0 Å². The molecule has 6 heterocycles. The maximum atomic E-state index is 14.1. The summed E-state index contributed by atoms with van der Waals surface area (Å²) in [6, 6.07) is 18.7. The minimum absolute atomic E-state index is 0.00899. The average Bonchev–Trinajstić information content (AvgIpc) is 3.85. The number of aromatic amines is 1. The van der Waals surface area contributed by atoms with Crippen molar-refractivity contribution in [3.05, 3.63) is 107 Å². The molecule has 22 heteroatoms. The molecule has 1 amide bonds. The van der Waals surface area contributed by atoms with Gasteiger partial charge in [-0.05, 0) is 123 Å². The van der Waals surface area contributed by atoms with Crippen LogP contribution in [0.25, 0.3) is 16.6 Å². The lowest BCUT2D eigenvalue weighted by molar-refractivity contribution is -0.0435. The van der Waals surface area contributed by atoms with Crippen LogP contribution in [0, 0.1) is 5.92 Å². The molecule has 386 valence electrons. The normalized spacial score (nSPS) is 18.4. The highest BCUT2D eigenvalue weighted by atomic mass is 35.5. The van der Waals surface area contributed by atoms with Gasteiger partial charge >= 0.3 is 5.51 Å². The molecule has 0 atom stereocenters. The summed E-state index contributed by atoms with van der Waals surface area (Å²) in [5.74, 6) is -0.227. The van der Waals surface area contributed by atoms with Gasteiger partial charge in [0.05, 0.1) is 35.6 Å². The number of alkyl halides is 3. The summed E-state index contributed by atoms with van der Waals surface area (Å²) in [4.78, 5) is 28.6. The third kappa shape index (κ3) is 12.4. The second-order valence-electron chi connectivity index (χ2n) is 18.7. The predicted octanol–water partition coefficient (Wildman–Crippen LogP) is 6.84. The van der Waals surface area contributed by atoms with E-state index in [2.05, 4.69) is 52.3 Å². The number of piperidine rings is 1. The van der Waals surface area contributed by atoms with Gasteiger partial charge in [0.15, 0.2) is 0 Å². The van der Waals surface area contributed by atoms with Crippen molar-refractivity contribution in [3.63, 3.8) is 0 Å². The lowest BCUT2D eigenvalue weighted by Crippen LogP contribution is -2.47. The minimum atomic E-state index is -6.04. The van der Waals surface area contributed by atoms with Gasteiger partial charge in [-0.2, -0.15) is 13.2 Å². The van der Waals surface area contributed by atoms with Crippen molar-refractivity contribution in [1.82, 2.24) is 34.7 Å². The summed E-state index contributed by atoms with van der Waals surface area (Å²) in [6.45, 7) is 11.9. The fraction of sp³-hybridized carbons (Fsp3) is 0.440. The molecule has 0 spiro atoms. The van der Waals surface area contributed by atoms with Gasteiger partial charge in [0.2, 0.25) is 0 Å². The van der Waals surface area contributed by atoms with E-state index in [-0.39, 0.29) is 23.6 Å². The first-order valence-corrected chi connectivity index (χ1v) is 27.6. The molecule has 4 aliphatic rings. The van der Waals surface area contributed by atoms with E-state index in [4.69, 9.17) is 21.1 Å². The smallest absolute Gasteiger partial charge is 0.455 e. The van der Waals surface area contributed by atoms with Gasteiger partial charge in [-0.1, -0.05) is 23.7 Å². The summed E-state index contributed by atoms with van der Waals surface area (Å²) in [5, 5.41) is 7.63. The lowest BCUT2D eigenvalue weighted by atomic mass is 9.91. The molecule has 16 nitrogen and oxygen atoms in total. The highest BCUT2D eigenvalue weighted by Crippen LogP contribution is 2.37. The van der Waals surface area contributed by atoms with Crippen LogP contribution in [-0.2, 0) is 24.6 Å². The Hall–Kier alpha value is -5.26. The molecule has 0 radical (unpaired) electrons. The first-order chi connectivity index (χ1) is 34.6. The second-order valence-corrected chi connectivity index (χ2v) is 22.7. The van der Waals surface area contributed by atoms with Gasteiger partial charge in [-0.15, -0.1) is 0 Å². The number of aromatic nitrogens is 2. The Bertz CT molecular complexity index is 2980. The number of sulfonamides is 1. The number of nitrogens with zero attached hydrogens (tertiary/aromatic N) is 5. The van der Waals surface area contributed by atoms with Crippen molar-refractivity contribution in [2.75, 3.05) is 115 Å². The number of halogens is 4. The molecule has 0 saturated carbocycles. The molecule has 72 heavy (non-hydrogen) atoms. The SMILES string of the molecule is O=C(NS(=O)(=O)c1ccc(NCCCN2CCOCC2)c(S(=O)(=O)C(F)(F)F)c1)c1ccc(N2CCN(CC3=C(c4ccc(Cl)cc4)CN(CC4CCNCC4)CC3)CC2)cc1Oc1cnc2[nH]ccc2c1. The van der Waals surface area contributed by atoms with Crippen LogP contribution in [0.1, 0.15) is 41.6 Å². The minimum Gasteiger partial charge on any atom is -0.455 e. The van der Waals surface area contributed by atoms with Gasteiger partial charge in [-0.25, -0.2) is 26.5 Å². The van der Waals surface area contributed by atoms with Crippen LogP contribution in [0.4, 0.5) is 24.5 Å². The Balaban J connectivity index is 0.921. The molecule has 4 N–H and O–H groups in total. The van der Waals surface area contributed by atoms with Gasteiger partial charge in [0.25, 0.3) is 25.8 Å². The number of amides is 1. The zero-order valence-electron chi connectivity index (χ0n) is 39.7. The highest BCUT2D eigenvalue weighted by molar-refractivity contribution is 7.92. The topological polar surface area (TPSA) is 182 Å². The highest BCUT2D eigenvalue weighted by Gasteiger charge is 2.48. The number of fused-ring (bicyclic) bond motifs is 1. The fourth-order valence-electron chi connectivity index (χ4n) is 9.83. The van der Waals surface area contributed by atoms with Crippen molar-refractivity contribution < 1.29 is 44.3 Å². The van der Waals surface area contributed by atoms with E-state index in [9.17, 15) is 34.8 Å². The van der Waals surface area contributed by atoms with Crippen molar-refractivity contribution in [2.45, 2.75) is 41.0 Å². The van der Waals surface area contributed by atoms with Gasteiger partial charge in [0.1, 0.15) is 22.0 Å². The Labute approximate surface area is 422 Å². The van der Waals surface area contributed by atoms with Crippen LogP contribution in [0.3, 0.4) is 0 Å². The zero-order valence-corrected chi connectivity index (χ0v) is 42.1. The number of ether oxygens (including phenoxy) is 2. The summed E-state index contributed by atoms with van der Waals surface area (Å²) in [7, 11) is -11.0. The first kappa shape index (κ1) is 51.6. The van der Waals surface area contributed by atoms with Crippen molar-refractivity contribution in [2.24, 2.45) is 5.92 Å². The van der Waals surface area contributed by atoms with Gasteiger partial charge in [0, 0.05) is 100 Å². The summed E-state index contributed by atoms with van der Waals surface area (Å²) in [5.41, 5.74) is -1.11. The Morgan fingerprint density at radius 1 is 0.875 bits per heavy atom. The molecular weight excluding hydrogens is 995 g/mol. The maximum absolute atomic E-state index is 14.1. The molecular formula is C50H59ClF3N9O7S2. The number of pyridine rings is 1. The van der Waals surface area contributed by atoms with E-state index in [1.807, 2.05) is 16.9 Å². The first-order valence-electron chi connectivity index (χ1n) is 24.3. The fourth-order valence-corrected chi connectivity index (χ4v) is 12.0. The molecule has 3 fully saturated rings. The van der Waals surface area contributed by atoms with Gasteiger partial charge < -0.3 is 30.0 Å². The largest absolute Gasteiger partial charge is 0.501 e. The van der Waals surface area contributed by atoms with E-state index in [0.717, 1.165) is 76.3 Å². The van der Waals surface area contributed by atoms with Crippen molar-refractivity contribution in [1.29, 1.82) is 0 Å². The van der Waals surface area contributed by atoms with Crippen molar-refractivity contribution in [3.8, 4) is 11.5 Å². The number of morpholine rings is 1. The van der Waals surface area contributed by atoms with Crippen LogP contribution in [0.5, 0.6) is 11.5 Å². The summed E-state index contributed by atoms with van der Waals surface area (Å²) >= 11 is 6.32. The van der Waals surface area contributed by atoms with Gasteiger partial charge in [-0.3, -0.25) is 19.5 Å². The third-order valence-corrected chi connectivity index (χ3v) is 16.9. The van der Waals surface area contributed by atoms with Crippen LogP contribution >= 0.6 is 11.6 Å². The number of sulfone groups is 1. The molecule has 4 aliphatic heterocycles. The zero-order chi connectivity index (χ0) is 50.5. The van der Waals surface area contributed by atoms with E-state index < -0.39 is 46.8 Å². The number of hydrogen-bond donors (Lipinski definition) is 4. The monoisotopic (exact) mass is 1050 g/mol. The quantitative estimate of drug-likeness (QED) is 0.0712. The summed E-state index contributed by atoms with van der Waals surface area (Å²) < 4.78 is 109. The number of H-pyrrole nitrogens is 1. The molecule has 5 aromatic rings. The third-order valence-electron chi connectivity index (χ3n) is 13.8. The van der Waals surface area contributed by atoms with Crippen LogP contribution in [0.2, 0.25) is 5.02 Å². The van der Waals surface area contributed by atoms with Crippen LogP contribution in [-0.4, -0.2) is 158 Å². The standard InChI is InChI=1S/C50H59ClF3N9O7S2/c51-39-4-2-36(3-5-39)44-34-62(32-35-10-15-55-16-11-35)19-13-38(44)33-61-20-22-63(23-21-61)40-6-8-43(46(29-40)70-41-28-37-12-17-57-48(37)58-31-41)49(64)59-72(67,68)42-7-9-45(47(30-42)71(65,66)50(52,53)54)56-14-1-18-60-24-26-69-27-25-60/h2-9,12,17,28-31,35,55-56H,1,10-11,13-16,18-27,32-34H2,(H,57,58)(H,59,64). The molecule has 9 rings (SSSR count). The van der Waals surface area contributed by atoms with E-state index in [1.165, 1.54) is 41.8 Å². The number of benzene rings is 3. The maximum Gasteiger partial charge on any atom is 0.501 e. The number of piperazine rings is 1. The number of carbonyl (C=O) groups excluding carboxylic acids is 1. The molecule has 3 aromatic carbocycles. The Kier molecular flexibility index (Phi) is 16.1. The average molecular weight is 1050 g/mol. The van der Waals surface area contributed by atoms with Crippen molar-refractivity contribution >= 4 is 65.3 Å². The Morgan fingerprint density at radius 3 is 2.39 bits per heavy atom. The number of carbonyl (C=O) groups is 1. The predicted molar refractivity (Wildman–Crippen MR) is 271 cm³/mol. The molecule has 0 unspecified atom stereocenters. The van der Waals surface area contributed by atoms with E-state index in [0.29, 0.717) is 80.7 Å².